The molecule has 0 atom stereocenters. The first-order valence-electron chi connectivity index (χ1n) is 5.78. The van der Waals surface area contributed by atoms with Crippen LogP contribution in [0.3, 0.4) is 0 Å². The lowest BCUT2D eigenvalue weighted by molar-refractivity contribution is 0.0992. The highest BCUT2D eigenvalue weighted by Gasteiger charge is 2.02. The molecule has 3 N–H and O–H groups in total. The summed E-state index contributed by atoms with van der Waals surface area (Å²) in [7, 11) is 0. The smallest absolute Gasteiger partial charge is 0.224 e. The lowest BCUT2D eigenvalue weighted by Gasteiger charge is -2.10. The molecular formula is C11H20N4O2. The van der Waals surface area contributed by atoms with Gasteiger partial charge in [0.25, 0.3) is 0 Å². The lowest BCUT2D eigenvalue weighted by Crippen LogP contribution is -2.14. The number of anilines is 2. The van der Waals surface area contributed by atoms with E-state index in [0.717, 1.165) is 17.9 Å². The molecule has 0 saturated carbocycles. The topological polar surface area (TPSA) is 79.3 Å². The van der Waals surface area contributed by atoms with Crippen molar-refractivity contribution >= 4 is 11.8 Å². The summed E-state index contributed by atoms with van der Waals surface area (Å²) in [4.78, 5) is 8.50. The van der Waals surface area contributed by atoms with Crippen molar-refractivity contribution in [3.8, 4) is 0 Å². The molecule has 0 saturated heterocycles. The monoisotopic (exact) mass is 240 g/mol. The molecule has 0 radical (unpaired) electrons. The summed E-state index contributed by atoms with van der Waals surface area (Å²) in [5.41, 5.74) is 0.994. The third-order valence-corrected chi connectivity index (χ3v) is 2.08. The Bertz CT molecular complexity index is 333. The quantitative estimate of drug-likeness (QED) is 0.579. The molecule has 96 valence electrons. The fourth-order valence-corrected chi connectivity index (χ4v) is 1.27. The average Bonchev–Trinajstić information content (AvgIpc) is 2.33. The number of aliphatic hydroxyl groups excluding tert-OH is 1. The molecule has 1 heterocycles. The predicted molar refractivity (Wildman–Crippen MR) is 67.3 cm³/mol. The van der Waals surface area contributed by atoms with Crippen LogP contribution in [0.15, 0.2) is 6.20 Å². The number of nitrogens with one attached hydrogen (secondary N) is 2. The molecule has 0 aliphatic rings. The standard InChI is InChI=1S/C11H20N4O2/c1-3-12-11-14-8-9(2)10(15-11)13-4-6-17-7-5-16/h8,16H,3-7H2,1-2H3,(H2,12,13,14,15). The van der Waals surface area contributed by atoms with E-state index in [2.05, 4.69) is 20.6 Å². The number of rotatable bonds is 8. The Morgan fingerprint density at radius 1 is 1.35 bits per heavy atom. The summed E-state index contributed by atoms with van der Waals surface area (Å²) in [6.07, 6.45) is 1.78. The summed E-state index contributed by atoms with van der Waals surface area (Å²) in [5.74, 6) is 1.43. The van der Waals surface area contributed by atoms with E-state index < -0.39 is 0 Å². The van der Waals surface area contributed by atoms with Crippen LogP contribution in [0.5, 0.6) is 0 Å². The van der Waals surface area contributed by atoms with E-state index in [-0.39, 0.29) is 6.61 Å². The van der Waals surface area contributed by atoms with E-state index in [0.29, 0.717) is 25.7 Å². The molecule has 0 unspecified atom stereocenters. The van der Waals surface area contributed by atoms with Crippen molar-refractivity contribution in [2.24, 2.45) is 0 Å². The summed E-state index contributed by atoms with van der Waals surface area (Å²) in [5, 5.41) is 14.8. The Labute approximate surface area is 101 Å². The largest absolute Gasteiger partial charge is 0.394 e. The van der Waals surface area contributed by atoms with Crippen LogP contribution in [0, 0.1) is 6.92 Å². The Hall–Kier alpha value is -1.40. The third kappa shape index (κ3) is 4.97. The van der Waals surface area contributed by atoms with Crippen LogP contribution in [0.25, 0.3) is 0 Å². The minimum absolute atomic E-state index is 0.0527. The molecule has 0 bridgehead atoms. The Morgan fingerprint density at radius 3 is 2.88 bits per heavy atom. The van der Waals surface area contributed by atoms with Crippen molar-refractivity contribution in [2.75, 3.05) is 43.5 Å². The first-order chi connectivity index (χ1) is 8.27. The van der Waals surface area contributed by atoms with Gasteiger partial charge in [0.15, 0.2) is 0 Å². The van der Waals surface area contributed by atoms with Crippen LogP contribution in [0.2, 0.25) is 0 Å². The maximum atomic E-state index is 8.55. The van der Waals surface area contributed by atoms with Crippen LogP contribution in [0.4, 0.5) is 11.8 Å². The molecule has 1 aromatic rings. The van der Waals surface area contributed by atoms with Gasteiger partial charge in [-0.15, -0.1) is 0 Å². The van der Waals surface area contributed by atoms with Gasteiger partial charge in [-0.25, -0.2) is 4.98 Å². The maximum absolute atomic E-state index is 8.55. The second-order valence-corrected chi connectivity index (χ2v) is 3.52. The first-order valence-corrected chi connectivity index (χ1v) is 5.78. The molecule has 0 amide bonds. The third-order valence-electron chi connectivity index (χ3n) is 2.08. The minimum atomic E-state index is 0.0527. The molecular weight excluding hydrogens is 220 g/mol. The highest BCUT2D eigenvalue weighted by atomic mass is 16.5. The highest BCUT2D eigenvalue weighted by molar-refractivity contribution is 5.46. The van der Waals surface area contributed by atoms with Crippen LogP contribution in [-0.4, -0.2) is 48.0 Å². The van der Waals surface area contributed by atoms with Gasteiger partial charge in [0.1, 0.15) is 5.82 Å². The molecule has 0 aliphatic carbocycles. The summed E-state index contributed by atoms with van der Waals surface area (Å²) in [6, 6.07) is 0. The van der Waals surface area contributed by atoms with Crippen molar-refractivity contribution in [3.63, 3.8) is 0 Å². The maximum Gasteiger partial charge on any atom is 0.224 e. The normalized spacial score (nSPS) is 10.3. The van der Waals surface area contributed by atoms with Crippen LogP contribution in [0.1, 0.15) is 12.5 Å². The fraction of sp³-hybridized carbons (Fsp3) is 0.636. The van der Waals surface area contributed by atoms with Gasteiger partial charge in [0.2, 0.25) is 5.95 Å². The van der Waals surface area contributed by atoms with Crippen LogP contribution in [-0.2, 0) is 4.74 Å². The number of hydrogen-bond acceptors (Lipinski definition) is 6. The molecule has 1 rings (SSSR count). The summed E-state index contributed by atoms with van der Waals surface area (Å²) < 4.78 is 5.15. The SMILES string of the molecule is CCNc1ncc(C)c(NCCOCCO)n1. The van der Waals surface area contributed by atoms with E-state index in [1.807, 2.05) is 13.8 Å². The van der Waals surface area contributed by atoms with E-state index in [4.69, 9.17) is 9.84 Å². The van der Waals surface area contributed by atoms with Gasteiger partial charge >= 0.3 is 0 Å². The van der Waals surface area contributed by atoms with E-state index in [1.165, 1.54) is 0 Å². The minimum Gasteiger partial charge on any atom is -0.394 e. The summed E-state index contributed by atoms with van der Waals surface area (Å²) >= 11 is 0. The Morgan fingerprint density at radius 2 is 2.18 bits per heavy atom. The van der Waals surface area contributed by atoms with E-state index in [1.54, 1.807) is 6.20 Å². The number of aliphatic hydroxyl groups is 1. The van der Waals surface area contributed by atoms with E-state index in [9.17, 15) is 0 Å². The molecule has 6 heteroatoms. The van der Waals surface area contributed by atoms with Gasteiger partial charge in [0, 0.05) is 24.8 Å². The molecule has 0 aliphatic heterocycles. The molecule has 0 fully saturated rings. The van der Waals surface area contributed by atoms with Gasteiger partial charge in [-0.1, -0.05) is 0 Å². The Kier molecular flexibility index (Phi) is 6.27. The number of ether oxygens (including phenoxy) is 1. The number of aryl methyl sites for hydroxylation is 1. The first kappa shape index (κ1) is 13.7. The molecule has 1 aromatic heterocycles. The molecule has 0 spiro atoms. The average molecular weight is 240 g/mol. The fourth-order valence-electron chi connectivity index (χ4n) is 1.27. The van der Waals surface area contributed by atoms with Crippen molar-refractivity contribution in [2.45, 2.75) is 13.8 Å². The van der Waals surface area contributed by atoms with Crippen molar-refractivity contribution in [1.29, 1.82) is 0 Å². The zero-order valence-corrected chi connectivity index (χ0v) is 10.4. The van der Waals surface area contributed by atoms with Gasteiger partial charge in [0.05, 0.1) is 19.8 Å². The zero-order chi connectivity index (χ0) is 12.5. The second-order valence-electron chi connectivity index (χ2n) is 3.52. The molecule has 6 nitrogen and oxygen atoms in total. The second kappa shape index (κ2) is 7.81. The van der Waals surface area contributed by atoms with Gasteiger partial charge in [-0.3, -0.25) is 0 Å². The number of hydrogen-bond donors (Lipinski definition) is 3. The van der Waals surface area contributed by atoms with Crippen molar-refractivity contribution in [3.05, 3.63) is 11.8 Å². The van der Waals surface area contributed by atoms with E-state index >= 15 is 0 Å². The number of aromatic nitrogens is 2. The Balaban J connectivity index is 2.42. The molecule has 0 aromatic carbocycles. The van der Waals surface area contributed by atoms with Gasteiger partial charge < -0.3 is 20.5 Å². The lowest BCUT2D eigenvalue weighted by atomic mass is 10.3. The zero-order valence-electron chi connectivity index (χ0n) is 10.4. The van der Waals surface area contributed by atoms with Crippen molar-refractivity contribution < 1.29 is 9.84 Å². The van der Waals surface area contributed by atoms with Gasteiger partial charge in [-0.2, -0.15) is 4.98 Å². The predicted octanol–water partition coefficient (Wildman–Crippen LogP) is 0.638. The molecule has 17 heavy (non-hydrogen) atoms. The van der Waals surface area contributed by atoms with Gasteiger partial charge in [-0.05, 0) is 13.8 Å². The van der Waals surface area contributed by atoms with Crippen molar-refractivity contribution in [1.82, 2.24) is 9.97 Å². The summed E-state index contributed by atoms with van der Waals surface area (Å²) in [6.45, 7) is 6.36. The van der Waals surface area contributed by atoms with Crippen LogP contribution >= 0.6 is 0 Å². The van der Waals surface area contributed by atoms with Crippen LogP contribution < -0.4 is 10.6 Å². The number of nitrogens with zero attached hydrogens (tertiary/aromatic N) is 2. The highest BCUT2D eigenvalue weighted by Crippen LogP contribution is 2.11.